The van der Waals surface area contributed by atoms with Gasteiger partial charge in [0.2, 0.25) is 0 Å². The summed E-state index contributed by atoms with van der Waals surface area (Å²) in [6.07, 6.45) is 6.56. The van der Waals surface area contributed by atoms with Crippen LogP contribution in [0.4, 0.5) is 0 Å². The Hall–Kier alpha value is -0.120. The Morgan fingerprint density at radius 3 is 2.08 bits per heavy atom. The summed E-state index contributed by atoms with van der Waals surface area (Å²) in [4.78, 5) is 2.35. The lowest BCUT2D eigenvalue weighted by molar-refractivity contribution is 0.119. The van der Waals surface area contributed by atoms with Crippen molar-refractivity contribution < 1.29 is 5.11 Å². The van der Waals surface area contributed by atoms with Crippen LogP contribution >= 0.6 is 0 Å². The van der Waals surface area contributed by atoms with Crippen molar-refractivity contribution in [3.63, 3.8) is 0 Å². The quantitative estimate of drug-likeness (QED) is 0.677. The third-order valence-electron chi connectivity index (χ3n) is 2.89. The number of aliphatic hydroxyl groups excluding tert-OH is 1. The van der Waals surface area contributed by atoms with Crippen molar-refractivity contribution in [2.24, 2.45) is 5.73 Å². The first kappa shape index (κ1) is 11.0. The molecule has 0 aromatic heterocycles. The van der Waals surface area contributed by atoms with Gasteiger partial charge in [-0.2, -0.15) is 0 Å². The van der Waals surface area contributed by atoms with E-state index in [1.54, 1.807) is 0 Å². The van der Waals surface area contributed by atoms with Gasteiger partial charge in [0, 0.05) is 12.6 Å². The van der Waals surface area contributed by atoms with Crippen LogP contribution in [0.1, 0.15) is 32.1 Å². The van der Waals surface area contributed by atoms with E-state index < -0.39 is 0 Å². The lowest BCUT2D eigenvalue weighted by Gasteiger charge is -2.30. The van der Waals surface area contributed by atoms with Crippen LogP contribution in [0.15, 0.2) is 0 Å². The van der Waals surface area contributed by atoms with Crippen molar-refractivity contribution in [2.45, 2.75) is 38.1 Å². The minimum absolute atomic E-state index is 0.193. The second kappa shape index (κ2) is 6.35. The highest BCUT2D eigenvalue weighted by Gasteiger charge is 2.16. The Balaban J connectivity index is 2.35. The summed E-state index contributed by atoms with van der Waals surface area (Å²) in [7, 11) is 0. The molecule has 0 bridgehead atoms. The molecule has 0 aliphatic carbocycles. The highest BCUT2D eigenvalue weighted by Crippen LogP contribution is 2.12. The normalized spacial score (nSPS) is 23.5. The molecule has 1 unspecified atom stereocenters. The monoisotopic (exact) mass is 186 g/mol. The fourth-order valence-corrected chi connectivity index (χ4v) is 1.98. The van der Waals surface area contributed by atoms with Gasteiger partial charge in [0.25, 0.3) is 0 Å². The molecule has 3 heteroatoms. The topological polar surface area (TPSA) is 49.5 Å². The van der Waals surface area contributed by atoms with E-state index in [2.05, 4.69) is 4.90 Å². The molecule has 0 amide bonds. The fourth-order valence-electron chi connectivity index (χ4n) is 1.98. The van der Waals surface area contributed by atoms with Gasteiger partial charge >= 0.3 is 0 Å². The number of hydrogen-bond donors (Lipinski definition) is 2. The van der Waals surface area contributed by atoms with Crippen LogP contribution in [0, 0.1) is 0 Å². The maximum atomic E-state index is 9.12. The molecule has 0 spiro atoms. The Morgan fingerprint density at radius 2 is 1.62 bits per heavy atom. The lowest BCUT2D eigenvalue weighted by Crippen LogP contribution is -2.44. The Labute approximate surface area is 80.9 Å². The highest BCUT2D eigenvalue weighted by atomic mass is 16.3. The Morgan fingerprint density at radius 1 is 1.08 bits per heavy atom. The minimum atomic E-state index is 0.193. The molecule has 0 aromatic carbocycles. The van der Waals surface area contributed by atoms with Crippen LogP contribution in [-0.4, -0.2) is 42.3 Å². The van der Waals surface area contributed by atoms with E-state index in [0.717, 1.165) is 13.1 Å². The van der Waals surface area contributed by atoms with Gasteiger partial charge in [0.05, 0.1) is 6.61 Å². The summed E-state index contributed by atoms with van der Waals surface area (Å²) in [5.74, 6) is 0. The van der Waals surface area contributed by atoms with Crippen molar-refractivity contribution in [1.29, 1.82) is 0 Å². The van der Waals surface area contributed by atoms with Crippen LogP contribution in [-0.2, 0) is 0 Å². The van der Waals surface area contributed by atoms with Gasteiger partial charge in [-0.3, -0.25) is 4.90 Å². The zero-order chi connectivity index (χ0) is 9.52. The first-order chi connectivity index (χ1) is 6.38. The summed E-state index contributed by atoms with van der Waals surface area (Å²) in [6, 6.07) is 0.193. The van der Waals surface area contributed by atoms with Crippen molar-refractivity contribution in [3.8, 4) is 0 Å². The van der Waals surface area contributed by atoms with Crippen molar-refractivity contribution in [2.75, 3.05) is 26.2 Å². The van der Waals surface area contributed by atoms with E-state index in [0.29, 0.717) is 6.54 Å². The summed E-state index contributed by atoms with van der Waals surface area (Å²) >= 11 is 0. The maximum Gasteiger partial charge on any atom is 0.0599 e. The molecule has 1 aliphatic heterocycles. The summed E-state index contributed by atoms with van der Waals surface area (Å²) in [5, 5.41) is 9.12. The molecule has 1 atom stereocenters. The van der Waals surface area contributed by atoms with Gasteiger partial charge in [-0.15, -0.1) is 0 Å². The summed E-state index contributed by atoms with van der Waals surface area (Å²) in [6.45, 7) is 3.01. The number of nitrogens with zero attached hydrogens (tertiary/aromatic N) is 1. The number of hydrogen-bond acceptors (Lipinski definition) is 3. The van der Waals surface area contributed by atoms with Crippen molar-refractivity contribution in [1.82, 2.24) is 4.90 Å². The molecule has 3 N–H and O–H groups in total. The molecule has 3 nitrogen and oxygen atoms in total. The minimum Gasteiger partial charge on any atom is -0.395 e. The molecular formula is C10H22N2O. The molecule has 13 heavy (non-hydrogen) atoms. The number of likely N-dealkylation sites (tertiary alicyclic amines) is 1. The predicted molar refractivity (Wildman–Crippen MR) is 54.6 cm³/mol. The van der Waals surface area contributed by atoms with E-state index in [1.807, 2.05) is 0 Å². The lowest BCUT2D eigenvalue weighted by atomic mass is 10.1. The number of aliphatic hydroxyl groups is 1. The summed E-state index contributed by atoms with van der Waals surface area (Å²) in [5.41, 5.74) is 5.60. The van der Waals surface area contributed by atoms with Gasteiger partial charge in [0.15, 0.2) is 0 Å². The molecule has 1 saturated heterocycles. The maximum absolute atomic E-state index is 9.12. The Bertz CT molecular complexity index is 118. The standard InChI is InChI=1S/C10H22N2O/c11-8-10(9-13)12-6-4-2-1-3-5-7-12/h10,13H,1-9,11H2. The molecule has 0 aromatic rings. The zero-order valence-electron chi connectivity index (χ0n) is 8.41. The number of rotatable bonds is 3. The van der Waals surface area contributed by atoms with Crippen LogP contribution in [0.3, 0.4) is 0 Å². The van der Waals surface area contributed by atoms with Crippen LogP contribution in [0.5, 0.6) is 0 Å². The third-order valence-corrected chi connectivity index (χ3v) is 2.89. The Kier molecular flexibility index (Phi) is 5.35. The third kappa shape index (κ3) is 3.63. The molecular weight excluding hydrogens is 164 g/mol. The van der Waals surface area contributed by atoms with E-state index in [9.17, 15) is 0 Å². The average molecular weight is 186 g/mol. The van der Waals surface area contributed by atoms with E-state index in [-0.39, 0.29) is 12.6 Å². The van der Waals surface area contributed by atoms with Crippen LogP contribution in [0.25, 0.3) is 0 Å². The van der Waals surface area contributed by atoms with Gasteiger partial charge in [-0.05, 0) is 25.9 Å². The molecule has 1 heterocycles. The highest BCUT2D eigenvalue weighted by molar-refractivity contribution is 4.73. The first-order valence-corrected chi connectivity index (χ1v) is 5.43. The molecule has 0 radical (unpaired) electrons. The van der Waals surface area contributed by atoms with Gasteiger partial charge in [-0.1, -0.05) is 19.3 Å². The largest absolute Gasteiger partial charge is 0.395 e. The van der Waals surface area contributed by atoms with Gasteiger partial charge in [0.1, 0.15) is 0 Å². The average Bonchev–Trinajstić information content (AvgIpc) is 2.09. The molecule has 1 aliphatic rings. The van der Waals surface area contributed by atoms with Crippen LogP contribution < -0.4 is 5.73 Å². The van der Waals surface area contributed by atoms with E-state index in [4.69, 9.17) is 10.8 Å². The predicted octanol–water partition coefficient (Wildman–Crippen LogP) is 0.572. The smallest absolute Gasteiger partial charge is 0.0599 e. The summed E-state index contributed by atoms with van der Waals surface area (Å²) < 4.78 is 0. The fraction of sp³-hybridized carbons (Fsp3) is 1.00. The van der Waals surface area contributed by atoms with E-state index >= 15 is 0 Å². The first-order valence-electron chi connectivity index (χ1n) is 5.43. The SMILES string of the molecule is NCC(CO)N1CCCCCCC1. The second-order valence-corrected chi connectivity index (χ2v) is 3.88. The van der Waals surface area contributed by atoms with Gasteiger partial charge in [-0.25, -0.2) is 0 Å². The van der Waals surface area contributed by atoms with Crippen molar-refractivity contribution in [3.05, 3.63) is 0 Å². The van der Waals surface area contributed by atoms with Gasteiger partial charge < -0.3 is 10.8 Å². The van der Waals surface area contributed by atoms with E-state index in [1.165, 1.54) is 32.1 Å². The second-order valence-electron chi connectivity index (χ2n) is 3.88. The molecule has 0 saturated carbocycles. The number of nitrogens with two attached hydrogens (primary N) is 1. The van der Waals surface area contributed by atoms with Crippen LogP contribution in [0.2, 0.25) is 0 Å². The van der Waals surface area contributed by atoms with Crippen molar-refractivity contribution >= 4 is 0 Å². The zero-order valence-corrected chi connectivity index (χ0v) is 8.41. The molecule has 78 valence electrons. The molecule has 1 fully saturated rings. The molecule has 1 rings (SSSR count).